The van der Waals surface area contributed by atoms with Crippen molar-refractivity contribution in [3.05, 3.63) is 91.4 Å². The monoisotopic (exact) mass is 477 g/mol. The zero-order valence-electron chi connectivity index (χ0n) is 15.6. The molecule has 0 aliphatic carbocycles. The van der Waals surface area contributed by atoms with Crippen LogP contribution in [0.2, 0.25) is 20.1 Å². The van der Waals surface area contributed by atoms with E-state index in [4.69, 9.17) is 46.4 Å². The topological polar surface area (TPSA) is 64.9 Å². The highest BCUT2D eigenvalue weighted by atomic mass is 35.5. The maximum Gasteiger partial charge on any atom is 0.323 e. The van der Waals surface area contributed by atoms with Crippen molar-refractivity contribution in [3.8, 4) is 6.07 Å². The largest absolute Gasteiger partial charge is 0.323 e. The molecule has 0 aliphatic rings. The van der Waals surface area contributed by atoms with Gasteiger partial charge in [-0.15, -0.1) is 0 Å². The van der Waals surface area contributed by atoms with Crippen molar-refractivity contribution < 1.29 is 4.79 Å². The fourth-order valence-corrected chi connectivity index (χ4v) is 3.76. The van der Waals surface area contributed by atoms with Gasteiger partial charge in [0.15, 0.2) is 0 Å². The minimum Gasteiger partial charge on any atom is -0.307 e. The van der Waals surface area contributed by atoms with Gasteiger partial charge in [0.05, 0.1) is 22.7 Å². The Balaban J connectivity index is 1.82. The zero-order chi connectivity index (χ0) is 21.8. The van der Waals surface area contributed by atoms with Gasteiger partial charge in [-0.25, -0.2) is 4.79 Å². The van der Waals surface area contributed by atoms with Crippen LogP contribution in [0.15, 0.2) is 54.6 Å². The molecule has 0 bridgehead atoms. The van der Waals surface area contributed by atoms with E-state index >= 15 is 0 Å². The van der Waals surface area contributed by atoms with Gasteiger partial charge in [0.25, 0.3) is 0 Å². The van der Waals surface area contributed by atoms with Gasteiger partial charge in [-0.2, -0.15) is 5.26 Å². The minimum atomic E-state index is -0.566. The Hall–Kier alpha value is -2.42. The van der Waals surface area contributed by atoms with Crippen LogP contribution in [-0.2, 0) is 0 Å². The van der Waals surface area contributed by atoms with Crippen molar-refractivity contribution in [3.63, 3.8) is 0 Å². The van der Waals surface area contributed by atoms with Crippen LogP contribution < -0.4 is 10.6 Å². The molecule has 0 unspecified atom stereocenters. The van der Waals surface area contributed by atoms with Crippen LogP contribution in [0.4, 0.5) is 16.2 Å². The Labute approximate surface area is 194 Å². The van der Waals surface area contributed by atoms with Crippen molar-refractivity contribution in [1.29, 1.82) is 5.26 Å². The number of rotatable bonds is 4. The summed E-state index contributed by atoms with van der Waals surface area (Å²) in [5, 5.41) is 16.8. The van der Waals surface area contributed by atoms with Crippen molar-refractivity contribution in [1.82, 2.24) is 0 Å². The van der Waals surface area contributed by atoms with E-state index < -0.39 is 11.9 Å². The third-order valence-corrected chi connectivity index (χ3v) is 5.54. The number of nitrogens with one attached hydrogen (secondary N) is 2. The first-order valence-corrected chi connectivity index (χ1v) is 10.3. The summed E-state index contributed by atoms with van der Waals surface area (Å²) in [6, 6.07) is 17.0. The number of halogens is 4. The molecular formula is C22H15Cl4N3O. The molecule has 0 saturated carbocycles. The Morgan fingerprint density at radius 2 is 1.50 bits per heavy atom. The summed E-state index contributed by atoms with van der Waals surface area (Å²) < 4.78 is 0. The summed E-state index contributed by atoms with van der Waals surface area (Å²) in [6.45, 7) is 1.82. The Bertz CT molecular complexity index is 1140. The Kier molecular flexibility index (Phi) is 7.12. The predicted molar refractivity (Wildman–Crippen MR) is 124 cm³/mol. The van der Waals surface area contributed by atoms with E-state index in [9.17, 15) is 10.1 Å². The standard InChI is InChI=1S/C22H15Cl4N3O/c1-12-8-16(17(11-27)13-2-4-14(23)5-3-13)18(25)10-21(12)29-22(30)28-20-7-6-15(24)9-19(20)26/h2-10,17H,1H3,(H2,28,29,30)/t17-/m1/s1. The number of carbonyl (C=O) groups excluding carboxylic acids is 1. The molecule has 2 amide bonds. The van der Waals surface area contributed by atoms with Crippen molar-refractivity contribution in [2.24, 2.45) is 0 Å². The maximum atomic E-state index is 12.4. The van der Waals surface area contributed by atoms with Crippen LogP contribution in [0.25, 0.3) is 0 Å². The summed E-state index contributed by atoms with van der Waals surface area (Å²) in [6.07, 6.45) is 0. The molecule has 3 aromatic carbocycles. The fraction of sp³-hybridized carbons (Fsp3) is 0.0909. The van der Waals surface area contributed by atoms with Gasteiger partial charge in [0.1, 0.15) is 0 Å². The van der Waals surface area contributed by atoms with Gasteiger partial charge in [-0.05, 0) is 60.0 Å². The summed E-state index contributed by atoms with van der Waals surface area (Å²) in [7, 11) is 0. The number of amides is 2. The van der Waals surface area contributed by atoms with Crippen LogP contribution in [0.3, 0.4) is 0 Å². The Morgan fingerprint density at radius 3 is 2.13 bits per heavy atom. The number of benzene rings is 3. The number of hydrogen-bond acceptors (Lipinski definition) is 2. The van der Waals surface area contributed by atoms with Crippen molar-refractivity contribution >= 4 is 63.8 Å². The maximum absolute atomic E-state index is 12.4. The second kappa shape index (κ2) is 9.59. The van der Waals surface area contributed by atoms with Crippen LogP contribution in [0, 0.1) is 18.3 Å². The first-order chi connectivity index (χ1) is 14.3. The lowest BCUT2D eigenvalue weighted by Gasteiger charge is -2.16. The van der Waals surface area contributed by atoms with E-state index in [1.54, 1.807) is 48.5 Å². The van der Waals surface area contributed by atoms with Gasteiger partial charge in [-0.1, -0.05) is 64.6 Å². The molecule has 0 fully saturated rings. The molecule has 0 aliphatic heterocycles. The lowest BCUT2D eigenvalue weighted by atomic mass is 9.91. The van der Waals surface area contributed by atoms with Crippen molar-refractivity contribution in [2.45, 2.75) is 12.8 Å². The smallest absolute Gasteiger partial charge is 0.307 e. The molecule has 0 radical (unpaired) electrons. The summed E-state index contributed by atoms with van der Waals surface area (Å²) in [5.74, 6) is -0.566. The zero-order valence-corrected chi connectivity index (χ0v) is 18.7. The molecule has 30 heavy (non-hydrogen) atoms. The van der Waals surface area contributed by atoms with Crippen molar-refractivity contribution in [2.75, 3.05) is 10.6 Å². The predicted octanol–water partition coefficient (Wildman–Crippen LogP) is 7.91. The molecule has 2 N–H and O–H groups in total. The van der Waals surface area contributed by atoms with E-state index in [-0.39, 0.29) is 0 Å². The highest BCUT2D eigenvalue weighted by Crippen LogP contribution is 2.34. The molecule has 0 saturated heterocycles. The molecule has 0 aromatic heterocycles. The number of carbonyl (C=O) groups is 1. The van der Waals surface area contributed by atoms with E-state index in [1.807, 2.05) is 6.92 Å². The second-order valence-electron chi connectivity index (χ2n) is 6.51. The quantitative estimate of drug-likeness (QED) is 0.400. The minimum absolute atomic E-state index is 0.322. The van der Waals surface area contributed by atoms with E-state index in [0.29, 0.717) is 37.0 Å². The number of nitriles is 1. The summed E-state index contributed by atoms with van der Waals surface area (Å²) >= 11 is 24.3. The molecule has 152 valence electrons. The molecule has 8 heteroatoms. The molecule has 0 heterocycles. The third kappa shape index (κ3) is 5.19. The SMILES string of the molecule is Cc1cc([C@H](C#N)c2ccc(Cl)cc2)c(Cl)cc1NC(=O)Nc1ccc(Cl)cc1Cl. The van der Waals surface area contributed by atoms with Gasteiger partial charge in [0.2, 0.25) is 0 Å². The Morgan fingerprint density at radius 1 is 0.867 bits per heavy atom. The van der Waals surface area contributed by atoms with Crippen LogP contribution in [-0.4, -0.2) is 6.03 Å². The molecular weight excluding hydrogens is 464 g/mol. The molecule has 4 nitrogen and oxygen atoms in total. The first-order valence-electron chi connectivity index (χ1n) is 8.76. The van der Waals surface area contributed by atoms with Gasteiger partial charge < -0.3 is 10.6 Å². The summed E-state index contributed by atoms with van der Waals surface area (Å²) in [5.41, 5.74) is 3.11. The lowest BCUT2D eigenvalue weighted by molar-refractivity contribution is 0.262. The van der Waals surface area contributed by atoms with Crippen LogP contribution in [0.5, 0.6) is 0 Å². The third-order valence-electron chi connectivity index (χ3n) is 4.41. The average Bonchev–Trinajstić information content (AvgIpc) is 2.69. The van der Waals surface area contributed by atoms with Crippen LogP contribution in [0.1, 0.15) is 22.6 Å². The van der Waals surface area contributed by atoms with E-state index in [0.717, 1.165) is 11.1 Å². The molecule has 3 aromatic rings. The first kappa shape index (κ1) is 22.3. The summed E-state index contributed by atoms with van der Waals surface area (Å²) in [4.78, 5) is 12.4. The number of anilines is 2. The highest BCUT2D eigenvalue weighted by molar-refractivity contribution is 6.36. The number of hydrogen-bond donors (Lipinski definition) is 2. The van der Waals surface area contributed by atoms with E-state index in [2.05, 4.69) is 16.7 Å². The second-order valence-corrected chi connectivity index (χ2v) is 8.19. The number of nitrogens with zero attached hydrogens (tertiary/aromatic N) is 1. The highest BCUT2D eigenvalue weighted by Gasteiger charge is 2.19. The lowest BCUT2D eigenvalue weighted by Crippen LogP contribution is -2.20. The number of urea groups is 1. The average molecular weight is 479 g/mol. The number of aryl methyl sites for hydroxylation is 1. The van der Waals surface area contributed by atoms with Gasteiger partial charge >= 0.3 is 6.03 Å². The van der Waals surface area contributed by atoms with Gasteiger partial charge in [-0.3, -0.25) is 0 Å². The molecule has 1 atom stereocenters. The molecule has 3 rings (SSSR count). The molecule has 0 spiro atoms. The normalized spacial score (nSPS) is 11.5. The van der Waals surface area contributed by atoms with Gasteiger partial charge in [0, 0.05) is 20.8 Å². The van der Waals surface area contributed by atoms with Crippen LogP contribution >= 0.6 is 46.4 Å². The fourth-order valence-electron chi connectivity index (χ4n) is 2.91. The van der Waals surface area contributed by atoms with E-state index in [1.165, 1.54) is 6.07 Å².